The molecule has 0 atom stereocenters. The first-order chi connectivity index (χ1) is 9.84. The first kappa shape index (κ1) is 16.4. The average Bonchev–Trinajstić information content (AvgIpc) is 2.70. The molecule has 2 rings (SSSR count). The van der Waals surface area contributed by atoms with Gasteiger partial charge in [0.1, 0.15) is 0 Å². The molecule has 0 radical (unpaired) electrons. The topological polar surface area (TPSA) is 83.9 Å². The SMILES string of the molecule is Cc1c(Br)cc(C(=O)O)cc1S(=O)(=O)N1CCCOCC1. The molecule has 1 aliphatic heterocycles. The second kappa shape index (κ2) is 6.43. The number of aromatic carboxylic acids is 1. The molecule has 6 nitrogen and oxygen atoms in total. The van der Waals surface area contributed by atoms with E-state index in [0.29, 0.717) is 36.2 Å². The molecule has 0 unspecified atom stereocenters. The standard InChI is InChI=1S/C13H16BrNO5S/c1-9-11(14)7-10(13(16)17)8-12(9)21(18,19)15-3-2-5-20-6-4-15/h7-8H,2-6H2,1H3,(H,16,17). The fourth-order valence-corrected chi connectivity index (χ4v) is 4.47. The molecule has 1 N–H and O–H groups in total. The average molecular weight is 378 g/mol. The molecule has 1 saturated heterocycles. The zero-order valence-corrected chi connectivity index (χ0v) is 13.9. The van der Waals surface area contributed by atoms with E-state index in [-0.39, 0.29) is 17.0 Å². The smallest absolute Gasteiger partial charge is 0.335 e. The first-order valence-electron chi connectivity index (χ1n) is 6.45. The first-order valence-corrected chi connectivity index (χ1v) is 8.68. The predicted octanol–water partition coefficient (Wildman–Crippen LogP) is 1.87. The van der Waals surface area contributed by atoms with Gasteiger partial charge in [-0.15, -0.1) is 0 Å². The Kier molecular flexibility index (Phi) is 5.03. The van der Waals surface area contributed by atoms with E-state index in [1.807, 2.05) is 0 Å². The number of rotatable bonds is 3. The number of nitrogens with zero attached hydrogens (tertiary/aromatic N) is 1. The zero-order valence-electron chi connectivity index (χ0n) is 11.5. The van der Waals surface area contributed by atoms with E-state index in [0.717, 1.165) is 0 Å². The van der Waals surface area contributed by atoms with Crippen LogP contribution in [0, 0.1) is 6.92 Å². The number of carboxylic acids is 1. The molecule has 0 bridgehead atoms. The van der Waals surface area contributed by atoms with Crippen molar-refractivity contribution in [3.63, 3.8) is 0 Å². The fraction of sp³-hybridized carbons (Fsp3) is 0.462. The molecule has 1 aromatic carbocycles. The monoisotopic (exact) mass is 377 g/mol. The third kappa shape index (κ3) is 3.45. The minimum absolute atomic E-state index is 0.0242. The molecule has 0 amide bonds. The number of carbonyl (C=O) groups is 1. The molecule has 8 heteroatoms. The molecule has 1 aliphatic rings. The van der Waals surface area contributed by atoms with Crippen molar-refractivity contribution in [3.8, 4) is 0 Å². The third-order valence-electron chi connectivity index (χ3n) is 3.34. The van der Waals surface area contributed by atoms with Crippen LogP contribution in [0.5, 0.6) is 0 Å². The number of carboxylic acid groups (broad SMARTS) is 1. The van der Waals surface area contributed by atoms with Crippen molar-refractivity contribution >= 4 is 31.9 Å². The molecule has 0 aliphatic carbocycles. The van der Waals surface area contributed by atoms with Gasteiger partial charge in [0.25, 0.3) is 0 Å². The van der Waals surface area contributed by atoms with Gasteiger partial charge in [-0.05, 0) is 31.0 Å². The van der Waals surface area contributed by atoms with Crippen molar-refractivity contribution in [2.75, 3.05) is 26.3 Å². The Hall–Kier alpha value is -0.960. The number of hydrogen-bond acceptors (Lipinski definition) is 4. The summed E-state index contributed by atoms with van der Waals surface area (Å²) in [6, 6.07) is 2.62. The van der Waals surface area contributed by atoms with Gasteiger partial charge in [0.2, 0.25) is 10.0 Å². The van der Waals surface area contributed by atoms with Crippen LogP contribution in [0.4, 0.5) is 0 Å². The predicted molar refractivity (Wildman–Crippen MR) is 80.0 cm³/mol. The van der Waals surface area contributed by atoms with Crippen molar-refractivity contribution in [1.82, 2.24) is 4.31 Å². The molecule has 1 aromatic rings. The third-order valence-corrected chi connectivity index (χ3v) is 6.19. The van der Waals surface area contributed by atoms with Gasteiger partial charge in [-0.2, -0.15) is 4.31 Å². The number of sulfonamides is 1. The van der Waals surface area contributed by atoms with Crippen LogP contribution in [0.15, 0.2) is 21.5 Å². The lowest BCUT2D eigenvalue weighted by Crippen LogP contribution is -2.33. The van der Waals surface area contributed by atoms with E-state index >= 15 is 0 Å². The van der Waals surface area contributed by atoms with Gasteiger partial charge in [0.05, 0.1) is 17.1 Å². The van der Waals surface area contributed by atoms with Crippen LogP contribution in [-0.4, -0.2) is 50.1 Å². The molecule has 0 spiro atoms. The van der Waals surface area contributed by atoms with Crippen molar-refractivity contribution in [2.45, 2.75) is 18.2 Å². The van der Waals surface area contributed by atoms with Gasteiger partial charge < -0.3 is 9.84 Å². The van der Waals surface area contributed by atoms with E-state index in [1.54, 1.807) is 6.92 Å². The highest BCUT2D eigenvalue weighted by atomic mass is 79.9. The maximum atomic E-state index is 12.7. The Balaban J connectivity index is 2.50. The Labute approximate surface area is 131 Å². The second-order valence-electron chi connectivity index (χ2n) is 4.76. The maximum Gasteiger partial charge on any atom is 0.335 e. The van der Waals surface area contributed by atoms with Crippen molar-refractivity contribution in [1.29, 1.82) is 0 Å². The van der Waals surface area contributed by atoms with Crippen LogP contribution in [0.1, 0.15) is 22.3 Å². The van der Waals surface area contributed by atoms with E-state index in [1.165, 1.54) is 16.4 Å². The summed E-state index contributed by atoms with van der Waals surface area (Å²) in [5.41, 5.74) is 0.447. The van der Waals surface area contributed by atoms with E-state index < -0.39 is 16.0 Å². The quantitative estimate of drug-likeness (QED) is 0.868. The van der Waals surface area contributed by atoms with Crippen LogP contribution >= 0.6 is 15.9 Å². The highest BCUT2D eigenvalue weighted by Crippen LogP contribution is 2.28. The van der Waals surface area contributed by atoms with Crippen LogP contribution in [-0.2, 0) is 14.8 Å². The van der Waals surface area contributed by atoms with Crippen LogP contribution in [0.3, 0.4) is 0 Å². The Morgan fingerprint density at radius 2 is 2.05 bits per heavy atom. The van der Waals surface area contributed by atoms with Gasteiger partial charge in [-0.25, -0.2) is 13.2 Å². The number of benzene rings is 1. The summed E-state index contributed by atoms with van der Waals surface area (Å²) in [4.78, 5) is 11.1. The lowest BCUT2D eigenvalue weighted by molar-refractivity contribution is 0.0696. The van der Waals surface area contributed by atoms with E-state index in [4.69, 9.17) is 9.84 Å². The molecule has 21 heavy (non-hydrogen) atoms. The highest BCUT2D eigenvalue weighted by Gasteiger charge is 2.28. The molecule has 0 saturated carbocycles. The summed E-state index contributed by atoms with van der Waals surface area (Å²) in [5.74, 6) is -1.16. The minimum atomic E-state index is -3.73. The van der Waals surface area contributed by atoms with Gasteiger partial charge in [-0.1, -0.05) is 15.9 Å². The van der Waals surface area contributed by atoms with Crippen molar-refractivity contribution in [3.05, 3.63) is 27.7 Å². The van der Waals surface area contributed by atoms with E-state index in [9.17, 15) is 13.2 Å². The van der Waals surface area contributed by atoms with Gasteiger partial charge >= 0.3 is 5.97 Å². The minimum Gasteiger partial charge on any atom is -0.478 e. The summed E-state index contributed by atoms with van der Waals surface area (Å²) in [6.45, 7) is 3.17. The molecular formula is C13H16BrNO5S. The van der Waals surface area contributed by atoms with Gasteiger partial charge in [0.15, 0.2) is 0 Å². The second-order valence-corrected chi connectivity index (χ2v) is 7.52. The van der Waals surface area contributed by atoms with Gasteiger partial charge in [-0.3, -0.25) is 0 Å². The Morgan fingerprint density at radius 3 is 2.71 bits per heavy atom. The molecule has 116 valence electrons. The fourth-order valence-electron chi connectivity index (χ4n) is 2.15. The lowest BCUT2D eigenvalue weighted by atomic mass is 10.1. The summed E-state index contributed by atoms with van der Waals surface area (Å²) in [7, 11) is -3.73. The Morgan fingerprint density at radius 1 is 1.33 bits per heavy atom. The maximum absolute atomic E-state index is 12.7. The summed E-state index contributed by atoms with van der Waals surface area (Å²) in [6.07, 6.45) is 0.623. The van der Waals surface area contributed by atoms with Crippen molar-refractivity contribution < 1.29 is 23.1 Å². The van der Waals surface area contributed by atoms with E-state index in [2.05, 4.69) is 15.9 Å². The number of halogens is 1. The highest BCUT2D eigenvalue weighted by molar-refractivity contribution is 9.10. The summed E-state index contributed by atoms with van der Waals surface area (Å²) >= 11 is 3.23. The molecular weight excluding hydrogens is 362 g/mol. The van der Waals surface area contributed by atoms with Gasteiger partial charge in [0, 0.05) is 24.2 Å². The summed E-state index contributed by atoms with van der Waals surface area (Å²) in [5, 5.41) is 9.10. The molecule has 0 aromatic heterocycles. The largest absolute Gasteiger partial charge is 0.478 e. The molecule has 1 heterocycles. The number of hydrogen-bond donors (Lipinski definition) is 1. The van der Waals surface area contributed by atoms with Crippen LogP contribution in [0.2, 0.25) is 0 Å². The zero-order chi connectivity index (χ0) is 15.6. The van der Waals surface area contributed by atoms with Crippen LogP contribution in [0.25, 0.3) is 0 Å². The normalized spacial score (nSPS) is 17.4. The van der Waals surface area contributed by atoms with Crippen molar-refractivity contribution in [2.24, 2.45) is 0 Å². The lowest BCUT2D eigenvalue weighted by Gasteiger charge is -2.21. The molecule has 1 fully saturated rings. The van der Waals surface area contributed by atoms with Crippen LogP contribution < -0.4 is 0 Å². The summed E-state index contributed by atoms with van der Waals surface area (Å²) < 4.78 is 32.6. The Bertz CT molecular complexity index is 651. The number of ether oxygens (including phenoxy) is 1.